The smallest absolute Gasteiger partial charge is 0.257 e. The first-order valence-corrected chi connectivity index (χ1v) is 8.48. The molecule has 0 bridgehead atoms. The van der Waals surface area contributed by atoms with Crippen molar-refractivity contribution in [2.45, 2.75) is 0 Å². The van der Waals surface area contributed by atoms with Gasteiger partial charge in [0.1, 0.15) is 5.52 Å². The summed E-state index contributed by atoms with van der Waals surface area (Å²) in [4.78, 5) is 24.5. The zero-order valence-electron chi connectivity index (χ0n) is 14.2. The number of benzene rings is 2. The van der Waals surface area contributed by atoms with Gasteiger partial charge in [0, 0.05) is 37.6 Å². The van der Waals surface area contributed by atoms with E-state index in [2.05, 4.69) is 44.3 Å². The van der Waals surface area contributed by atoms with E-state index in [1.807, 2.05) is 24.3 Å². The van der Waals surface area contributed by atoms with Crippen LogP contribution in [-0.2, 0) is 0 Å². The number of rotatable bonds is 3. The van der Waals surface area contributed by atoms with Crippen LogP contribution in [0.25, 0.3) is 11.0 Å². The number of aromatic amines is 1. The first-order valence-electron chi connectivity index (χ1n) is 8.48. The third-order valence-corrected chi connectivity index (χ3v) is 4.69. The van der Waals surface area contributed by atoms with Gasteiger partial charge in [-0.2, -0.15) is 0 Å². The van der Waals surface area contributed by atoms with E-state index in [-0.39, 0.29) is 5.91 Å². The van der Waals surface area contributed by atoms with Gasteiger partial charge in [0.25, 0.3) is 5.91 Å². The molecule has 1 aliphatic rings. The van der Waals surface area contributed by atoms with Crippen LogP contribution in [0.4, 0.5) is 11.4 Å². The summed E-state index contributed by atoms with van der Waals surface area (Å²) >= 11 is 0. The van der Waals surface area contributed by atoms with Gasteiger partial charge in [-0.1, -0.05) is 6.07 Å². The summed E-state index contributed by atoms with van der Waals surface area (Å²) in [6, 6.07) is 13.6. The molecular weight excluding hydrogens is 314 g/mol. The quantitative estimate of drug-likeness (QED) is 0.772. The van der Waals surface area contributed by atoms with Crippen molar-refractivity contribution in [3.8, 4) is 0 Å². The van der Waals surface area contributed by atoms with Gasteiger partial charge in [-0.25, -0.2) is 4.98 Å². The number of likely N-dealkylation sites (N-methyl/N-ethyl adjacent to an activating group) is 1. The van der Waals surface area contributed by atoms with Gasteiger partial charge in [0.15, 0.2) is 0 Å². The van der Waals surface area contributed by atoms with Crippen molar-refractivity contribution in [3.63, 3.8) is 0 Å². The molecule has 6 nitrogen and oxygen atoms in total. The number of fused-ring (bicyclic) bond motifs is 1. The number of amides is 1. The molecule has 1 saturated heterocycles. The van der Waals surface area contributed by atoms with E-state index in [1.54, 1.807) is 12.4 Å². The fourth-order valence-electron chi connectivity index (χ4n) is 3.17. The lowest BCUT2D eigenvalue weighted by Crippen LogP contribution is -2.44. The zero-order chi connectivity index (χ0) is 17.2. The number of anilines is 2. The van der Waals surface area contributed by atoms with Crippen molar-refractivity contribution >= 4 is 28.3 Å². The van der Waals surface area contributed by atoms with E-state index in [0.29, 0.717) is 11.1 Å². The van der Waals surface area contributed by atoms with Crippen LogP contribution in [0.2, 0.25) is 0 Å². The van der Waals surface area contributed by atoms with Gasteiger partial charge < -0.3 is 20.1 Å². The lowest BCUT2D eigenvalue weighted by Gasteiger charge is -2.34. The molecule has 1 fully saturated rings. The molecule has 0 aliphatic carbocycles. The molecule has 0 atom stereocenters. The summed E-state index contributed by atoms with van der Waals surface area (Å²) in [5.41, 5.74) is 4.10. The fraction of sp³-hybridized carbons (Fsp3) is 0.263. The Labute approximate surface area is 146 Å². The standard InChI is InChI=1S/C19H21N5O/c1-23-9-11-24(12-10-23)15-7-5-14(6-8-15)22-19(25)16-3-2-4-17-18(16)21-13-20-17/h2-8,13H,9-12H2,1H3,(H,20,21)(H,22,25). The van der Waals surface area contributed by atoms with Crippen LogP contribution in [0.3, 0.4) is 0 Å². The van der Waals surface area contributed by atoms with Gasteiger partial charge in [-0.3, -0.25) is 4.79 Å². The summed E-state index contributed by atoms with van der Waals surface area (Å²) < 4.78 is 0. The Morgan fingerprint density at radius 1 is 1.08 bits per heavy atom. The number of hydrogen-bond acceptors (Lipinski definition) is 4. The maximum absolute atomic E-state index is 12.6. The van der Waals surface area contributed by atoms with E-state index in [0.717, 1.165) is 37.4 Å². The molecular formula is C19H21N5O. The van der Waals surface area contributed by atoms with Crippen molar-refractivity contribution in [1.29, 1.82) is 0 Å². The fourth-order valence-corrected chi connectivity index (χ4v) is 3.17. The number of aromatic nitrogens is 2. The number of piperazine rings is 1. The van der Waals surface area contributed by atoms with Crippen molar-refractivity contribution in [1.82, 2.24) is 14.9 Å². The van der Waals surface area contributed by atoms with Gasteiger partial charge >= 0.3 is 0 Å². The van der Waals surface area contributed by atoms with Crippen molar-refractivity contribution in [2.24, 2.45) is 0 Å². The second-order valence-corrected chi connectivity index (χ2v) is 6.40. The topological polar surface area (TPSA) is 64.3 Å². The van der Waals surface area contributed by atoms with E-state index < -0.39 is 0 Å². The molecule has 2 heterocycles. The van der Waals surface area contributed by atoms with Gasteiger partial charge in [-0.05, 0) is 43.4 Å². The summed E-state index contributed by atoms with van der Waals surface area (Å²) in [5.74, 6) is -0.148. The molecule has 2 aromatic carbocycles. The minimum absolute atomic E-state index is 0.148. The number of nitrogens with one attached hydrogen (secondary N) is 2. The van der Waals surface area contributed by atoms with Gasteiger partial charge in [0.05, 0.1) is 17.4 Å². The van der Waals surface area contributed by atoms with E-state index in [9.17, 15) is 4.79 Å². The largest absolute Gasteiger partial charge is 0.369 e. The number of imidazole rings is 1. The average molecular weight is 335 g/mol. The SMILES string of the molecule is CN1CCN(c2ccc(NC(=O)c3cccc4[nH]cnc34)cc2)CC1. The molecule has 25 heavy (non-hydrogen) atoms. The van der Waals surface area contributed by atoms with Crippen LogP contribution < -0.4 is 10.2 Å². The van der Waals surface area contributed by atoms with Crippen LogP contribution in [-0.4, -0.2) is 54.0 Å². The summed E-state index contributed by atoms with van der Waals surface area (Å²) in [7, 11) is 2.15. The molecule has 0 saturated carbocycles. The maximum Gasteiger partial charge on any atom is 0.257 e. The van der Waals surface area contributed by atoms with Crippen LogP contribution in [0.1, 0.15) is 10.4 Å². The Bertz CT molecular complexity index is 878. The Hall–Kier alpha value is -2.86. The first kappa shape index (κ1) is 15.7. The van der Waals surface area contributed by atoms with Crippen LogP contribution in [0.5, 0.6) is 0 Å². The summed E-state index contributed by atoms with van der Waals surface area (Å²) in [6.07, 6.45) is 1.60. The predicted molar refractivity (Wildman–Crippen MR) is 100 cm³/mol. The van der Waals surface area contributed by atoms with Crippen LogP contribution >= 0.6 is 0 Å². The number of carbonyl (C=O) groups excluding carboxylic acids is 1. The molecule has 1 aromatic heterocycles. The van der Waals surface area contributed by atoms with Gasteiger partial charge in [-0.15, -0.1) is 0 Å². The average Bonchev–Trinajstić information content (AvgIpc) is 3.12. The number of nitrogens with zero attached hydrogens (tertiary/aromatic N) is 3. The third kappa shape index (κ3) is 3.21. The van der Waals surface area contributed by atoms with E-state index in [4.69, 9.17) is 0 Å². The number of carbonyl (C=O) groups is 1. The Morgan fingerprint density at radius 2 is 1.84 bits per heavy atom. The van der Waals surface area contributed by atoms with Crippen LogP contribution in [0, 0.1) is 0 Å². The molecule has 1 amide bonds. The highest BCUT2D eigenvalue weighted by Crippen LogP contribution is 2.21. The molecule has 0 spiro atoms. The summed E-state index contributed by atoms with van der Waals surface area (Å²) in [5, 5.41) is 2.96. The summed E-state index contributed by atoms with van der Waals surface area (Å²) in [6.45, 7) is 4.21. The maximum atomic E-state index is 12.6. The lowest BCUT2D eigenvalue weighted by molar-refractivity contribution is 0.102. The highest BCUT2D eigenvalue weighted by molar-refractivity contribution is 6.11. The van der Waals surface area contributed by atoms with E-state index >= 15 is 0 Å². The van der Waals surface area contributed by atoms with Crippen LogP contribution in [0.15, 0.2) is 48.8 Å². The molecule has 0 radical (unpaired) electrons. The lowest BCUT2D eigenvalue weighted by atomic mass is 10.1. The first-order chi connectivity index (χ1) is 12.2. The Balaban J connectivity index is 1.47. The highest BCUT2D eigenvalue weighted by atomic mass is 16.1. The third-order valence-electron chi connectivity index (χ3n) is 4.69. The van der Waals surface area contributed by atoms with Crippen molar-refractivity contribution in [2.75, 3.05) is 43.4 Å². The monoisotopic (exact) mass is 335 g/mol. The second-order valence-electron chi connectivity index (χ2n) is 6.40. The molecule has 4 rings (SSSR count). The number of para-hydroxylation sites is 1. The Morgan fingerprint density at radius 3 is 2.60 bits per heavy atom. The number of hydrogen-bond donors (Lipinski definition) is 2. The zero-order valence-corrected chi connectivity index (χ0v) is 14.2. The second kappa shape index (κ2) is 6.57. The normalized spacial score (nSPS) is 15.5. The van der Waals surface area contributed by atoms with Crippen molar-refractivity contribution in [3.05, 3.63) is 54.4 Å². The Kier molecular flexibility index (Phi) is 4.11. The minimum atomic E-state index is -0.148. The molecule has 3 aromatic rings. The van der Waals surface area contributed by atoms with Gasteiger partial charge in [0.2, 0.25) is 0 Å². The minimum Gasteiger partial charge on any atom is -0.369 e. The van der Waals surface area contributed by atoms with Crippen molar-refractivity contribution < 1.29 is 4.79 Å². The number of H-pyrrole nitrogens is 1. The van der Waals surface area contributed by atoms with E-state index in [1.165, 1.54) is 5.69 Å². The molecule has 2 N–H and O–H groups in total. The molecule has 128 valence electrons. The highest BCUT2D eigenvalue weighted by Gasteiger charge is 2.15. The predicted octanol–water partition coefficient (Wildman–Crippen LogP) is 2.57. The molecule has 1 aliphatic heterocycles. The molecule has 6 heteroatoms. The molecule has 0 unspecified atom stereocenters.